The van der Waals surface area contributed by atoms with Crippen LogP contribution < -0.4 is 17.1 Å². The molecule has 0 saturated heterocycles. The summed E-state index contributed by atoms with van der Waals surface area (Å²) in [5, 5.41) is 0. The molecule has 1 radical (unpaired) electrons. The van der Waals surface area contributed by atoms with Crippen molar-refractivity contribution >= 4 is 23.9 Å². The Morgan fingerprint density at radius 2 is 0.909 bits per heavy atom. The SMILES string of the molecule is O.O=c1[nH]c(=O)[nH]c(=O)[nH]1.[SnH3]. The summed E-state index contributed by atoms with van der Waals surface area (Å²) in [6, 6.07) is 0. The molecule has 0 bridgehead atoms. The molecule has 0 aliphatic rings. The van der Waals surface area contributed by atoms with Gasteiger partial charge in [-0.25, -0.2) is 14.4 Å². The van der Waals surface area contributed by atoms with Gasteiger partial charge in [0.2, 0.25) is 0 Å². The van der Waals surface area contributed by atoms with Crippen LogP contribution >= 0.6 is 0 Å². The first-order chi connectivity index (χ1) is 4.18. The zero-order valence-corrected chi connectivity index (χ0v) is 11.4. The Bertz CT molecular complexity index is 283. The van der Waals surface area contributed by atoms with E-state index in [-0.39, 0.29) is 29.4 Å². The van der Waals surface area contributed by atoms with Gasteiger partial charge in [0.15, 0.2) is 0 Å². The Morgan fingerprint density at radius 1 is 0.727 bits per heavy atom. The number of aromatic nitrogens is 3. The van der Waals surface area contributed by atoms with Crippen molar-refractivity contribution in [3.8, 4) is 0 Å². The van der Waals surface area contributed by atoms with E-state index in [4.69, 9.17) is 0 Å². The number of nitrogens with one attached hydrogen (secondary N) is 3. The molecule has 0 spiro atoms. The summed E-state index contributed by atoms with van der Waals surface area (Å²) in [5.41, 5.74) is -2.41. The van der Waals surface area contributed by atoms with Gasteiger partial charge < -0.3 is 5.48 Å². The molecule has 11 heavy (non-hydrogen) atoms. The Labute approximate surface area is 76.1 Å². The maximum atomic E-state index is 10.2. The van der Waals surface area contributed by atoms with Crippen LogP contribution in [0.25, 0.3) is 0 Å². The van der Waals surface area contributed by atoms with Crippen LogP contribution in [0.3, 0.4) is 0 Å². The van der Waals surface area contributed by atoms with E-state index in [1.165, 1.54) is 0 Å². The van der Waals surface area contributed by atoms with Gasteiger partial charge in [0, 0.05) is 0 Å². The van der Waals surface area contributed by atoms with Crippen LogP contribution in [0.5, 0.6) is 0 Å². The van der Waals surface area contributed by atoms with Crippen molar-refractivity contribution in [3.05, 3.63) is 31.5 Å². The average molecular weight is 269 g/mol. The standard InChI is InChI=1S/C3H3N3O3.H2O.Sn.3H/c7-1-4-2(8)6-3(9)5-1;;;;;/h(H3,4,5,6,7,8,9);1H2;;;;. The molecule has 0 unspecified atom stereocenters. The molecule has 0 saturated carbocycles. The summed E-state index contributed by atoms with van der Waals surface area (Å²) in [7, 11) is 0. The third-order valence-electron chi connectivity index (χ3n) is 0.681. The minimum atomic E-state index is -0.802. The quantitative estimate of drug-likeness (QED) is 0.412. The molecule has 0 aliphatic heterocycles. The third kappa shape index (κ3) is 3.78. The molecule has 1 aromatic heterocycles. The van der Waals surface area contributed by atoms with Crippen LogP contribution in [-0.4, -0.2) is 44.3 Å². The van der Waals surface area contributed by atoms with E-state index in [1.54, 1.807) is 15.0 Å². The number of hydrogen-bond acceptors (Lipinski definition) is 3. The zero-order chi connectivity index (χ0) is 6.85. The minimum absolute atomic E-state index is 0. The fourth-order valence-electron chi connectivity index (χ4n) is 0.403. The maximum absolute atomic E-state index is 10.2. The predicted octanol–water partition coefficient (Wildman–Crippen LogP) is -4.26. The van der Waals surface area contributed by atoms with Crippen LogP contribution in [-0.2, 0) is 0 Å². The zero-order valence-electron chi connectivity index (χ0n) is 5.72. The van der Waals surface area contributed by atoms with Gasteiger partial charge in [-0.05, 0) is 0 Å². The monoisotopic (exact) mass is 270 g/mol. The Morgan fingerprint density at radius 3 is 1.09 bits per heavy atom. The van der Waals surface area contributed by atoms with Gasteiger partial charge in [-0.2, -0.15) is 0 Å². The van der Waals surface area contributed by atoms with E-state index in [9.17, 15) is 14.4 Å². The van der Waals surface area contributed by atoms with Crippen LogP contribution in [0.2, 0.25) is 0 Å². The molecule has 0 fully saturated rings. The molecule has 8 heteroatoms. The second-order valence-corrected chi connectivity index (χ2v) is 1.36. The molecule has 0 aromatic carbocycles. The second-order valence-electron chi connectivity index (χ2n) is 1.36. The number of rotatable bonds is 0. The summed E-state index contributed by atoms with van der Waals surface area (Å²) < 4.78 is 0. The van der Waals surface area contributed by atoms with E-state index >= 15 is 0 Å². The van der Waals surface area contributed by atoms with Crippen molar-refractivity contribution in [3.63, 3.8) is 0 Å². The summed E-state index contributed by atoms with van der Waals surface area (Å²) >= 11 is 0. The van der Waals surface area contributed by atoms with Crippen molar-refractivity contribution < 1.29 is 5.48 Å². The average Bonchev–Trinajstić information content (AvgIpc) is 1.59. The summed E-state index contributed by atoms with van der Waals surface area (Å²) in [5.74, 6) is 0. The van der Waals surface area contributed by atoms with Crippen molar-refractivity contribution in [2.75, 3.05) is 0 Å². The molecule has 0 amide bonds. The van der Waals surface area contributed by atoms with Gasteiger partial charge in [-0.1, -0.05) is 0 Å². The molecule has 1 heterocycles. The van der Waals surface area contributed by atoms with E-state index < -0.39 is 17.1 Å². The summed E-state index contributed by atoms with van der Waals surface area (Å²) in [4.78, 5) is 35.9. The second kappa shape index (κ2) is 4.90. The number of H-pyrrole nitrogens is 3. The molecular weight excluding hydrogens is 261 g/mol. The molecule has 5 N–H and O–H groups in total. The van der Waals surface area contributed by atoms with Crippen molar-refractivity contribution in [2.45, 2.75) is 0 Å². The number of aromatic amines is 3. The van der Waals surface area contributed by atoms with Crippen molar-refractivity contribution in [1.82, 2.24) is 15.0 Å². The van der Waals surface area contributed by atoms with Crippen LogP contribution in [0, 0.1) is 0 Å². The van der Waals surface area contributed by atoms with E-state index in [0.717, 1.165) is 0 Å². The van der Waals surface area contributed by atoms with E-state index in [0.29, 0.717) is 0 Å². The normalized spacial score (nSPS) is 7.64. The summed E-state index contributed by atoms with van der Waals surface area (Å²) in [6.07, 6.45) is 0. The third-order valence-corrected chi connectivity index (χ3v) is 0.681. The fourth-order valence-corrected chi connectivity index (χ4v) is 0.403. The van der Waals surface area contributed by atoms with Gasteiger partial charge in [0.1, 0.15) is 0 Å². The Kier molecular flexibility index (Phi) is 5.71. The topological polar surface area (TPSA) is 130 Å². The fraction of sp³-hybridized carbons (Fsp3) is 0. The first kappa shape index (κ1) is 12.8. The molecule has 0 atom stereocenters. The van der Waals surface area contributed by atoms with Gasteiger partial charge in [0.25, 0.3) is 0 Å². The molecule has 1 rings (SSSR count). The van der Waals surface area contributed by atoms with E-state index in [1.807, 2.05) is 0 Å². The first-order valence-electron chi connectivity index (χ1n) is 2.11. The molecule has 63 valence electrons. The van der Waals surface area contributed by atoms with Crippen LogP contribution in [0.15, 0.2) is 14.4 Å². The predicted molar refractivity (Wildman–Crippen MR) is 41.9 cm³/mol. The Hall–Kier alpha value is -0.831. The van der Waals surface area contributed by atoms with Crippen molar-refractivity contribution in [1.29, 1.82) is 0 Å². The molecule has 0 aliphatic carbocycles. The van der Waals surface area contributed by atoms with Crippen molar-refractivity contribution in [2.24, 2.45) is 0 Å². The number of hydrogen-bond donors (Lipinski definition) is 3. The van der Waals surface area contributed by atoms with Crippen LogP contribution in [0.4, 0.5) is 0 Å². The molecule has 7 nitrogen and oxygen atoms in total. The molecule has 1 aromatic rings. The van der Waals surface area contributed by atoms with E-state index in [2.05, 4.69) is 0 Å². The Balaban J connectivity index is 0. The van der Waals surface area contributed by atoms with Gasteiger partial charge >= 0.3 is 41.0 Å². The van der Waals surface area contributed by atoms with Crippen LogP contribution in [0.1, 0.15) is 0 Å². The summed E-state index contributed by atoms with van der Waals surface area (Å²) in [6.45, 7) is 0. The van der Waals surface area contributed by atoms with Gasteiger partial charge in [-0.3, -0.25) is 15.0 Å². The molecular formula is C3H8N3O4Sn. The van der Waals surface area contributed by atoms with Gasteiger partial charge in [-0.15, -0.1) is 0 Å². The first-order valence-corrected chi connectivity index (χ1v) is 2.11. The van der Waals surface area contributed by atoms with Gasteiger partial charge in [0.05, 0.1) is 0 Å².